The summed E-state index contributed by atoms with van der Waals surface area (Å²) in [6.07, 6.45) is 0.224. The van der Waals surface area contributed by atoms with E-state index in [9.17, 15) is 26.3 Å². The Kier molecular flexibility index (Phi) is 12.4. The van der Waals surface area contributed by atoms with Gasteiger partial charge in [0, 0.05) is 0 Å². The summed E-state index contributed by atoms with van der Waals surface area (Å²) in [6.45, 7) is 0. The second-order valence-electron chi connectivity index (χ2n) is 14.9. The summed E-state index contributed by atoms with van der Waals surface area (Å²) in [7, 11) is -7.22. The van der Waals surface area contributed by atoms with E-state index in [0.29, 0.717) is 38.8 Å². The van der Waals surface area contributed by atoms with Crippen molar-refractivity contribution in [3.05, 3.63) is 250 Å². The van der Waals surface area contributed by atoms with Crippen molar-refractivity contribution >= 4 is 46.4 Å². The Morgan fingerprint density at radius 1 is 0.238 bits per heavy atom. The Bertz CT molecular complexity index is 2560. The van der Waals surface area contributed by atoms with Crippen LogP contribution in [0.2, 0.25) is 0 Å². The van der Waals surface area contributed by atoms with Crippen LogP contribution in [-0.2, 0) is 18.7 Å². The Hall–Kier alpha value is -6.08. The van der Waals surface area contributed by atoms with Crippen molar-refractivity contribution in [2.24, 2.45) is 0 Å². The molecule has 8 aromatic carbocycles. The molecule has 8 rings (SSSR count). The summed E-state index contributed by atoms with van der Waals surface area (Å²) in [6, 6.07) is 47.2. The molecule has 0 atom stereocenters. The number of rotatable bonds is 12. The summed E-state index contributed by atoms with van der Waals surface area (Å²) in [5.41, 5.74) is 2.77. The van der Waals surface area contributed by atoms with Crippen LogP contribution in [0.5, 0.6) is 0 Å². The van der Waals surface area contributed by atoms with E-state index in [1.807, 2.05) is 0 Å². The van der Waals surface area contributed by atoms with Gasteiger partial charge in [0.2, 0.25) is 58.2 Å². The van der Waals surface area contributed by atoms with Crippen LogP contribution in [0.3, 0.4) is 0 Å². The largest absolute Gasteiger partial charge is 0.207 e. The van der Waals surface area contributed by atoms with Crippen LogP contribution in [0.15, 0.2) is 170 Å². The van der Waals surface area contributed by atoms with Gasteiger partial charge in [0.1, 0.15) is 35.7 Å². The second kappa shape index (κ2) is 18.0. The average molecular weight is 899 g/mol. The molecular formula is C51H34F10P2+2. The lowest BCUT2D eigenvalue weighted by Crippen LogP contribution is -2.37. The minimum atomic E-state index is -3.61. The van der Waals surface area contributed by atoms with Gasteiger partial charge >= 0.3 is 0 Å². The first-order chi connectivity index (χ1) is 30.4. The molecule has 0 saturated heterocycles. The molecule has 12 heteroatoms. The monoisotopic (exact) mass is 898 g/mol. The van der Waals surface area contributed by atoms with Crippen LogP contribution in [0.1, 0.15) is 22.3 Å². The Balaban J connectivity index is 1.15. The quantitative estimate of drug-likeness (QED) is 0.0496. The minimum Gasteiger partial charge on any atom is -0.200 e. The molecular weight excluding hydrogens is 864 g/mol. The van der Waals surface area contributed by atoms with Gasteiger partial charge in [-0.2, -0.15) is 17.6 Å². The number of halogens is 10. The summed E-state index contributed by atoms with van der Waals surface area (Å²) >= 11 is 0. The van der Waals surface area contributed by atoms with E-state index in [4.69, 9.17) is 0 Å². The van der Waals surface area contributed by atoms with E-state index in [1.54, 1.807) is 170 Å². The third kappa shape index (κ3) is 7.85. The fourth-order valence-corrected chi connectivity index (χ4v) is 16.9. The molecule has 8 aromatic rings. The minimum absolute atomic E-state index is 0.0783. The van der Waals surface area contributed by atoms with E-state index in [0.717, 1.165) is 11.1 Å². The molecule has 0 spiro atoms. The molecule has 0 amide bonds. The van der Waals surface area contributed by atoms with Gasteiger partial charge in [-0.1, -0.05) is 121 Å². The zero-order valence-corrected chi connectivity index (χ0v) is 34.8. The molecule has 63 heavy (non-hydrogen) atoms. The summed E-state index contributed by atoms with van der Waals surface area (Å²) in [4.78, 5) is 0. The number of benzene rings is 8. The molecule has 0 bridgehead atoms. The van der Waals surface area contributed by atoms with Crippen LogP contribution < -0.4 is 31.8 Å². The molecule has 0 fully saturated rings. The van der Waals surface area contributed by atoms with Gasteiger partial charge in [-0.3, -0.25) is 0 Å². The highest BCUT2D eigenvalue weighted by atomic mass is 31.2. The summed E-state index contributed by atoms with van der Waals surface area (Å²) < 4.78 is 153. The molecule has 0 radical (unpaired) electrons. The SMILES string of the molecule is Fc1c(F)c(F)c([P+](Cc2ccc(Cc3ccc(C[P+](c4ccccc4)(c4ccccc4)c4c(F)c(F)c(F)c(F)c4F)cc3)cc2)(c2ccccc2)c2ccccc2)c(F)c1F. The van der Waals surface area contributed by atoms with Crippen LogP contribution >= 0.6 is 14.5 Å². The molecule has 0 aliphatic rings. The maximum absolute atomic E-state index is 16.0. The zero-order chi connectivity index (χ0) is 44.5. The molecule has 0 nitrogen and oxygen atoms in total. The van der Waals surface area contributed by atoms with Crippen LogP contribution in [0, 0.1) is 58.2 Å². The van der Waals surface area contributed by atoms with Gasteiger partial charge in [-0.05, 0) is 77.2 Å². The molecule has 0 aliphatic heterocycles. The first kappa shape index (κ1) is 43.6. The molecule has 316 valence electrons. The van der Waals surface area contributed by atoms with Crippen LogP contribution in [0.4, 0.5) is 43.9 Å². The van der Waals surface area contributed by atoms with Gasteiger partial charge in [0.25, 0.3) is 0 Å². The Labute approximate surface area is 358 Å². The lowest BCUT2D eigenvalue weighted by atomic mass is 10.0. The first-order valence-corrected chi connectivity index (χ1v) is 23.5. The second-order valence-corrected chi connectivity index (χ2v) is 21.8. The van der Waals surface area contributed by atoms with Gasteiger partial charge in [0.05, 0.1) is 12.3 Å². The highest BCUT2D eigenvalue weighted by molar-refractivity contribution is 7.95. The van der Waals surface area contributed by atoms with Crippen molar-refractivity contribution in [3.8, 4) is 0 Å². The third-order valence-corrected chi connectivity index (χ3v) is 19.9. The Morgan fingerprint density at radius 3 is 0.683 bits per heavy atom. The van der Waals surface area contributed by atoms with Crippen molar-refractivity contribution in [3.63, 3.8) is 0 Å². The third-order valence-electron chi connectivity index (χ3n) is 11.2. The maximum atomic E-state index is 16.0. The summed E-state index contributed by atoms with van der Waals surface area (Å²) in [5, 5.41) is -0.0905. The van der Waals surface area contributed by atoms with E-state index >= 15 is 17.6 Å². The smallest absolute Gasteiger partial charge is 0.200 e. The predicted molar refractivity (Wildman–Crippen MR) is 233 cm³/mol. The zero-order valence-electron chi connectivity index (χ0n) is 33.0. The Morgan fingerprint density at radius 2 is 0.444 bits per heavy atom. The number of hydrogen-bond donors (Lipinski definition) is 0. The number of hydrogen-bond acceptors (Lipinski definition) is 0. The van der Waals surface area contributed by atoms with Crippen molar-refractivity contribution < 1.29 is 43.9 Å². The van der Waals surface area contributed by atoms with Crippen molar-refractivity contribution in [2.75, 3.05) is 0 Å². The van der Waals surface area contributed by atoms with Gasteiger partial charge in [-0.15, -0.1) is 0 Å². The normalized spacial score (nSPS) is 11.8. The highest BCUT2D eigenvalue weighted by Crippen LogP contribution is 2.61. The summed E-state index contributed by atoms with van der Waals surface area (Å²) in [5.74, 6) is -20.1. The fraction of sp³-hybridized carbons (Fsp3) is 0.0588. The average Bonchev–Trinajstić information content (AvgIpc) is 3.33. The molecule has 0 aromatic heterocycles. The van der Waals surface area contributed by atoms with Gasteiger partial charge < -0.3 is 0 Å². The van der Waals surface area contributed by atoms with E-state index in [-0.39, 0.29) is 12.3 Å². The van der Waals surface area contributed by atoms with Gasteiger partial charge in [0.15, 0.2) is 10.6 Å². The molecule has 0 saturated carbocycles. The maximum Gasteiger partial charge on any atom is 0.207 e. The van der Waals surface area contributed by atoms with E-state index < -0.39 is 83.3 Å². The van der Waals surface area contributed by atoms with Crippen molar-refractivity contribution in [1.29, 1.82) is 0 Å². The van der Waals surface area contributed by atoms with Gasteiger partial charge in [-0.25, -0.2) is 26.3 Å². The van der Waals surface area contributed by atoms with Crippen molar-refractivity contribution in [1.82, 2.24) is 0 Å². The first-order valence-electron chi connectivity index (χ1n) is 19.6. The lowest BCUT2D eigenvalue weighted by molar-refractivity contribution is 0.384. The predicted octanol–water partition coefficient (Wildman–Crippen LogP) is 11.7. The standard InChI is InChI=1S/C51H34F10P2/c52-40-42(54)46(58)50(47(59)43(40)55)62(36-13-5-1-6-14-36,37-15-7-2-8-16-37)30-34-25-21-32(22-26-34)29-33-23-27-35(28-24-33)31-63(38-17-9-3-10-18-38,39-19-11-4-12-20-39)51-48(60)44(56)41(53)45(57)49(51)61/h1-28H,29-31H2/q+2. The van der Waals surface area contributed by atoms with E-state index in [2.05, 4.69) is 0 Å². The molecule has 0 heterocycles. The molecule has 0 aliphatic carbocycles. The lowest BCUT2D eigenvalue weighted by Gasteiger charge is -2.28. The molecule has 0 N–H and O–H groups in total. The topological polar surface area (TPSA) is 0 Å². The molecule has 0 unspecified atom stereocenters. The fourth-order valence-electron chi connectivity index (χ4n) is 8.23. The van der Waals surface area contributed by atoms with Crippen LogP contribution in [0.25, 0.3) is 0 Å². The van der Waals surface area contributed by atoms with Crippen molar-refractivity contribution in [2.45, 2.75) is 18.7 Å². The highest BCUT2D eigenvalue weighted by Gasteiger charge is 2.54. The van der Waals surface area contributed by atoms with Crippen LogP contribution in [-0.4, -0.2) is 0 Å². The van der Waals surface area contributed by atoms with E-state index in [1.165, 1.54) is 0 Å².